The van der Waals surface area contributed by atoms with Crippen LogP contribution in [0.15, 0.2) is 143 Å². The minimum atomic E-state index is -3.64. The van der Waals surface area contributed by atoms with Gasteiger partial charge in [-0.15, -0.1) is 11.8 Å². The topological polar surface area (TPSA) is 84.9 Å². The highest BCUT2D eigenvalue weighted by atomic mass is 32.2. The van der Waals surface area contributed by atoms with Gasteiger partial charge in [0.15, 0.2) is 6.29 Å². The monoisotopic (exact) mass is 637 g/mol. The number of hydrogen-bond donors (Lipinski definition) is 2. The Hall–Kier alpha value is -3.76. The molecule has 3 atom stereocenters. The van der Waals surface area contributed by atoms with E-state index in [0.717, 1.165) is 45.6 Å². The van der Waals surface area contributed by atoms with E-state index >= 15 is 0 Å². The quantitative estimate of drug-likeness (QED) is 0.145. The zero-order valence-corrected chi connectivity index (χ0v) is 26.3. The van der Waals surface area contributed by atoms with Crippen molar-refractivity contribution in [2.75, 3.05) is 5.75 Å². The Labute approximate surface area is 269 Å². The third-order valence-corrected chi connectivity index (χ3v) is 10.4. The van der Waals surface area contributed by atoms with Gasteiger partial charge in [0.05, 0.1) is 23.7 Å². The van der Waals surface area contributed by atoms with Crippen molar-refractivity contribution in [3.63, 3.8) is 0 Å². The van der Waals surface area contributed by atoms with E-state index in [9.17, 15) is 13.5 Å². The lowest BCUT2D eigenvalue weighted by molar-refractivity contribution is -0.245. The van der Waals surface area contributed by atoms with Gasteiger partial charge in [-0.3, -0.25) is 0 Å². The summed E-state index contributed by atoms with van der Waals surface area (Å²) in [5, 5.41) is 9.50. The standard InChI is InChI=1S/C37H35NO5S2/c39-25-27-15-17-29(18-16-27)36-23-32(26-44-33-10-3-1-4-11-33)42-37(43-36)30-21-19-28(20-22-30)35-14-8-7-9-31(35)24-38-45(40,41)34-12-5-2-6-13-34/h1-22,32,36-39H,23-26H2/t32-,36+,37+/m0/s1. The number of ether oxygens (including phenoxy) is 2. The Bertz CT molecular complexity index is 1780. The predicted molar refractivity (Wildman–Crippen MR) is 178 cm³/mol. The van der Waals surface area contributed by atoms with E-state index < -0.39 is 16.3 Å². The molecule has 6 rings (SSSR count). The van der Waals surface area contributed by atoms with Crippen molar-refractivity contribution in [3.05, 3.63) is 156 Å². The SMILES string of the molecule is O=S(=O)(NCc1ccccc1-c1ccc([C@@H]2O[C@H](CSc3ccccc3)C[C@H](c3ccc(CO)cc3)O2)cc1)c1ccccc1. The molecule has 0 aromatic heterocycles. The van der Waals surface area contributed by atoms with Crippen LogP contribution in [0.2, 0.25) is 0 Å². The van der Waals surface area contributed by atoms with Crippen molar-refractivity contribution in [1.29, 1.82) is 0 Å². The van der Waals surface area contributed by atoms with Crippen LogP contribution in [-0.2, 0) is 32.6 Å². The maximum absolute atomic E-state index is 12.8. The van der Waals surface area contributed by atoms with Crippen LogP contribution in [0.3, 0.4) is 0 Å². The number of aliphatic hydroxyl groups excluding tert-OH is 1. The van der Waals surface area contributed by atoms with Crippen LogP contribution in [0.1, 0.15) is 41.1 Å². The first-order valence-electron chi connectivity index (χ1n) is 14.9. The van der Waals surface area contributed by atoms with Gasteiger partial charge < -0.3 is 14.6 Å². The molecule has 8 heteroatoms. The van der Waals surface area contributed by atoms with Crippen molar-refractivity contribution < 1.29 is 23.0 Å². The van der Waals surface area contributed by atoms with Crippen molar-refractivity contribution in [1.82, 2.24) is 4.72 Å². The summed E-state index contributed by atoms with van der Waals surface area (Å²) < 4.78 is 41.5. The average Bonchev–Trinajstić information content (AvgIpc) is 3.11. The van der Waals surface area contributed by atoms with Gasteiger partial charge in [-0.1, -0.05) is 109 Å². The summed E-state index contributed by atoms with van der Waals surface area (Å²) in [6.45, 7) is 0.170. The molecule has 0 bridgehead atoms. The average molecular weight is 638 g/mol. The molecular formula is C37H35NO5S2. The van der Waals surface area contributed by atoms with E-state index in [2.05, 4.69) is 16.9 Å². The van der Waals surface area contributed by atoms with Crippen LogP contribution in [0.4, 0.5) is 0 Å². The number of rotatable bonds is 11. The Morgan fingerprint density at radius 1 is 0.733 bits per heavy atom. The minimum Gasteiger partial charge on any atom is -0.392 e. The molecule has 6 nitrogen and oxygen atoms in total. The lowest BCUT2D eigenvalue weighted by Crippen LogP contribution is -2.31. The highest BCUT2D eigenvalue weighted by Crippen LogP contribution is 2.40. The molecule has 0 radical (unpaired) electrons. The smallest absolute Gasteiger partial charge is 0.240 e. The van der Waals surface area contributed by atoms with Gasteiger partial charge in [0, 0.05) is 29.2 Å². The molecule has 5 aromatic rings. The highest BCUT2D eigenvalue weighted by Gasteiger charge is 2.32. The Kier molecular flexibility index (Phi) is 10.1. The molecule has 1 aliphatic heterocycles. The fourth-order valence-electron chi connectivity index (χ4n) is 5.36. The Balaban J connectivity index is 1.20. The molecule has 45 heavy (non-hydrogen) atoms. The van der Waals surface area contributed by atoms with Gasteiger partial charge in [0.1, 0.15) is 0 Å². The van der Waals surface area contributed by atoms with E-state index in [-0.39, 0.29) is 30.3 Å². The molecule has 0 aliphatic carbocycles. The summed E-state index contributed by atoms with van der Waals surface area (Å²) in [6, 6.07) is 42.5. The molecule has 2 N–H and O–H groups in total. The lowest BCUT2D eigenvalue weighted by Gasteiger charge is -2.36. The number of sulfonamides is 1. The van der Waals surface area contributed by atoms with Gasteiger partial charge in [-0.2, -0.15) is 0 Å². The molecular weight excluding hydrogens is 603 g/mol. The largest absolute Gasteiger partial charge is 0.392 e. The summed E-state index contributed by atoms with van der Waals surface area (Å²) in [5.41, 5.74) is 5.62. The molecule has 0 saturated carbocycles. The van der Waals surface area contributed by atoms with E-state index in [1.807, 2.05) is 91.0 Å². The molecule has 1 saturated heterocycles. The second-order valence-corrected chi connectivity index (χ2v) is 13.8. The van der Waals surface area contributed by atoms with E-state index in [1.54, 1.807) is 42.1 Å². The maximum Gasteiger partial charge on any atom is 0.240 e. The molecule has 1 fully saturated rings. The zero-order valence-electron chi connectivity index (χ0n) is 24.7. The molecule has 0 unspecified atom stereocenters. The van der Waals surface area contributed by atoms with E-state index in [0.29, 0.717) is 0 Å². The fraction of sp³-hybridized carbons (Fsp3) is 0.189. The van der Waals surface area contributed by atoms with Crippen LogP contribution in [0.5, 0.6) is 0 Å². The van der Waals surface area contributed by atoms with Crippen LogP contribution in [-0.4, -0.2) is 25.4 Å². The van der Waals surface area contributed by atoms with Crippen LogP contribution >= 0.6 is 11.8 Å². The first-order valence-corrected chi connectivity index (χ1v) is 17.4. The van der Waals surface area contributed by atoms with Gasteiger partial charge >= 0.3 is 0 Å². The number of nitrogens with one attached hydrogen (secondary N) is 1. The number of benzene rings is 5. The third-order valence-electron chi connectivity index (χ3n) is 7.81. The normalized spacial score (nSPS) is 18.5. The van der Waals surface area contributed by atoms with Crippen molar-refractivity contribution >= 4 is 21.8 Å². The Morgan fingerprint density at radius 3 is 2.09 bits per heavy atom. The van der Waals surface area contributed by atoms with Gasteiger partial charge in [0.2, 0.25) is 10.0 Å². The first-order chi connectivity index (χ1) is 22.0. The predicted octanol–water partition coefficient (Wildman–Crippen LogP) is 7.66. The van der Waals surface area contributed by atoms with Gasteiger partial charge in [-0.05, 0) is 52.1 Å². The van der Waals surface area contributed by atoms with E-state index in [4.69, 9.17) is 9.47 Å². The molecule has 0 spiro atoms. The summed E-state index contributed by atoms with van der Waals surface area (Å²) in [7, 11) is -3.64. The summed E-state index contributed by atoms with van der Waals surface area (Å²) in [4.78, 5) is 1.43. The Morgan fingerprint density at radius 2 is 1.38 bits per heavy atom. The first kappa shape index (κ1) is 31.2. The van der Waals surface area contributed by atoms with Crippen LogP contribution < -0.4 is 4.72 Å². The molecule has 5 aromatic carbocycles. The number of thioether (sulfide) groups is 1. The van der Waals surface area contributed by atoms with Crippen molar-refractivity contribution in [3.8, 4) is 11.1 Å². The molecule has 0 amide bonds. The van der Waals surface area contributed by atoms with Crippen molar-refractivity contribution in [2.45, 2.75) is 47.9 Å². The van der Waals surface area contributed by atoms with Crippen LogP contribution in [0.25, 0.3) is 11.1 Å². The van der Waals surface area contributed by atoms with Crippen molar-refractivity contribution in [2.24, 2.45) is 0 Å². The summed E-state index contributed by atoms with van der Waals surface area (Å²) >= 11 is 1.77. The minimum absolute atomic E-state index is 0.00224. The number of aliphatic hydroxyl groups is 1. The van der Waals surface area contributed by atoms with E-state index in [1.165, 1.54) is 4.90 Å². The second kappa shape index (κ2) is 14.6. The lowest BCUT2D eigenvalue weighted by atomic mass is 9.98. The number of hydrogen-bond acceptors (Lipinski definition) is 6. The highest BCUT2D eigenvalue weighted by molar-refractivity contribution is 7.99. The third kappa shape index (κ3) is 7.91. The summed E-state index contributed by atoms with van der Waals surface area (Å²) in [5.74, 6) is 0.791. The second-order valence-electron chi connectivity index (χ2n) is 10.9. The zero-order chi connectivity index (χ0) is 31.1. The maximum atomic E-state index is 12.8. The van der Waals surface area contributed by atoms with Gasteiger partial charge in [0.25, 0.3) is 0 Å². The molecule has 230 valence electrons. The molecule has 1 aliphatic rings. The van der Waals surface area contributed by atoms with Crippen LogP contribution in [0, 0.1) is 0 Å². The fourth-order valence-corrected chi connectivity index (χ4v) is 7.33. The molecule has 1 heterocycles. The van der Waals surface area contributed by atoms with Gasteiger partial charge in [-0.25, -0.2) is 13.1 Å². The summed E-state index contributed by atoms with van der Waals surface area (Å²) in [6.07, 6.45) is -0.0193.